The molecule has 2 N–H and O–H groups in total. The average molecular weight is 716 g/mol. The van der Waals surface area contributed by atoms with E-state index in [-0.39, 0.29) is 15.6 Å². The van der Waals surface area contributed by atoms with Gasteiger partial charge in [-0.15, -0.1) is 0 Å². The molecule has 6 aromatic rings. The highest BCUT2D eigenvalue weighted by atomic mass is 35.5. The van der Waals surface area contributed by atoms with E-state index in [2.05, 4.69) is 19.4 Å². The van der Waals surface area contributed by atoms with Crippen LogP contribution in [0.2, 0.25) is 10.0 Å². The Labute approximate surface area is 287 Å². The first kappa shape index (κ1) is 32.9. The molecular weight excluding hydrogens is 691 g/mol. The number of hydrogen-bond acceptors (Lipinski definition) is 7. The van der Waals surface area contributed by atoms with E-state index in [0.29, 0.717) is 55.1 Å². The molecule has 0 aliphatic rings. The van der Waals surface area contributed by atoms with E-state index in [1.807, 2.05) is 0 Å². The molecule has 240 valence electrons. The second-order valence-electron chi connectivity index (χ2n) is 10.4. The van der Waals surface area contributed by atoms with Gasteiger partial charge in [-0.2, -0.15) is 0 Å². The number of rotatable bonds is 10. The first-order valence-corrected chi connectivity index (χ1v) is 17.9. The first-order chi connectivity index (χ1) is 23.0. The SMILES string of the molecule is O=C(c1cccnc1-c1ccc(NS(=O)(=O)c2ccc(Cl)cc2)cc1)c1cccnc1-c1ccc(NS(=O)(=O)c2ccc(Cl)cc2)cc1. The summed E-state index contributed by atoms with van der Waals surface area (Å²) in [6, 6.07) is 31.3. The fraction of sp³-hybridized carbons (Fsp3) is 0. The zero-order valence-electron chi connectivity index (χ0n) is 24.7. The summed E-state index contributed by atoms with van der Waals surface area (Å²) >= 11 is 11.8. The largest absolute Gasteiger partial charge is 0.288 e. The summed E-state index contributed by atoms with van der Waals surface area (Å²) in [4.78, 5) is 23.1. The van der Waals surface area contributed by atoms with Gasteiger partial charge in [0.1, 0.15) is 0 Å². The molecule has 2 heterocycles. The Hall–Kier alpha value is -5.07. The monoisotopic (exact) mass is 714 g/mol. The van der Waals surface area contributed by atoms with Crippen molar-refractivity contribution >= 4 is 60.4 Å². The van der Waals surface area contributed by atoms with Crippen molar-refractivity contribution in [1.82, 2.24) is 9.97 Å². The predicted octanol–water partition coefficient (Wildman–Crippen LogP) is 7.95. The maximum absolute atomic E-state index is 14.0. The van der Waals surface area contributed by atoms with Gasteiger partial charge < -0.3 is 0 Å². The molecule has 0 atom stereocenters. The predicted molar refractivity (Wildman–Crippen MR) is 187 cm³/mol. The number of sulfonamides is 2. The zero-order chi connectivity index (χ0) is 33.9. The van der Waals surface area contributed by atoms with Crippen molar-refractivity contribution in [2.75, 3.05) is 9.44 Å². The van der Waals surface area contributed by atoms with Gasteiger partial charge >= 0.3 is 0 Å². The van der Waals surface area contributed by atoms with Gasteiger partial charge in [0.05, 0.1) is 21.2 Å². The summed E-state index contributed by atoms with van der Waals surface area (Å²) < 4.78 is 56.3. The van der Waals surface area contributed by atoms with Gasteiger partial charge in [0, 0.05) is 56.1 Å². The van der Waals surface area contributed by atoms with E-state index < -0.39 is 20.0 Å². The summed E-state index contributed by atoms with van der Waals surface area (Å²) in [5.41, 5.74) is 3.26. The second-order valence-corrected chi connectivity index (χ2v) is 14.6. The molecule has 48 heavy (non-hydrogen) atoms. The number of carbonyl (C=O) groups excluding carboxylic acids is 1. The maximum Gasteiger partial charge on any atom is 0.261 e. The Kier molecular flexibility index (Phi) is 9.29. The smallest absolute Gasteiger partial charge is 0.261 e. The molecule has 2 aromatic heterocycles. The zero-order valence-corrected chi connectivity index (χ0v) is 27.9. The van der Waals surface area contributed by atoms with Crippen molar-refractivity contribution in [3.63, 3.8) is 0 Å². The number of benzene rings is 4. The Morgan fingerprint density at radius 1 is 0.500 bits per heavy atom. The van der Waals surface area contributed by atoms with Crippen molar-refractivity contribution < 1.29 is 21.6 Å². The topological polar surface area (TPSA) is 135 Å². The molecule has 6 rings (SSSR count). The minimum atomic E-state index is -3.85. The van der Waals surface area contributed by atoms with Crippen LogP contribution >= 0.6 is 23.2 Å². The van der Waals surface area contributed by atoms with Crippen LogP contribution in [0.1, 0.15) is 15.9 Å². The van der Waals surface area contributed by atoms with E-state index in [1.165, 1.54) is 48.5 Å². The highest BCUT2D eigenvalue weighted by Crippen LogP contribution is 2.30. The van der Waals surface area contributed by atoms with Crippen LogP contribution in [0.3, 0.4) is 0 Å². The van der Waals surface area contributed by atoms with Crippen molar-refractivity contribution in [2.45, 2.75) is 9.79 Å². The number of pyridine rings is 2. The van der Waals surface area contributed by atoms with E-state index in [4.69, 9.17) is 23.2 Å². The van der Waals surface area contributed by atoms with Crippen LogP contribution in [-0.2, 0) is 20.0 Å². The van der Waals surface area contributed by atoms with E-state index in [1.54, 1.807) is 85.2 Å². The van der Waals surface area contributed by atoms with Crippen molar-refractivity contribution in [1.29, 1.82) is 0 Å². The molecule has 4 aromatic carbocycles. The van der Waals surface area contributed by atoms with Crippen LogP contribution < -0.4 is 9.44 Å². The molecule has 0 saturated carbocycles. The van der Waals surface area contributed by atoms with Crippen LogP contribution in [0.4, 0.5) is 11.4 Å². The van der Waals surface area contributed by atoms with Gasteiger partial charge in [0.25, 0.3) is 20.0 Å². The molecule has 0 bridgehead atoms. The van der Waals surface area contributed by atoms with E-state index in [0.717, 1.165) is 0 Å². The van der Waals surface area contributed by atoms with E-state index >= 15 is 0 Å². The minimum Gasteiger partial charge on any atom is -0.288 e. The van der Waals surface area contributed by atoms with Gasteiger partial charge in [-0.25, -0.2) is 16.8 Å². The lowest BCUT2D eigenvalue weighted by molar-refractivity contribution is 0.103. The summed E-state index contributed by atoms with van der Waals surface area (Å²) in [6.45, 7) is 0. The fourth-order valence-electron chi connectivity index (χ4n) is 4.83. The Balaban J connectivity index is 1.24. The quantitative estimate of drug-likeness (QED) is 0.138. The van der Waals surface area contributed by atoms with Crippen LogP contribution in [0.25, 0.3) is 22.5 Å². The number of hydrogen-bond donors (Lipinski definition) is 2. The molecule has 0 unspecified atom stereocenters. The average Bonchev–Trinajstić information content (AvgIpc) is 3.09. The molecule has 9 nitrogen and oxygen atoms in total. The van der Waals surface area contributed by atoms with Crippen molar-refractivity contribution in [3.05, 3.63) is 155 Å². The molecule has 0 fully saturated rings. The number of halogens is 2. The minimum absolute atomic E-state index is 0.0646. The normalized spacial score (nSPS) is 11.5. The number of aromatic nitrogens is 2. The summed E-state index contributed by atoms with van der Waals surface area (Å²) in [6.07, 6.45) is 3.13. The first-order valence-electron chi connectivity index (χ1n) is 14.2. The Morgan fingerprint density at radius 2 is 0.854 bits per heavy atom. The summed E-state index contributed by atoms with van der Waals surface area (Å²) in [5.74, 6) is -0.332. The van der Waals surface area contributed by atoms with Crippen LogP contribution in [0, 0.1) is 0 Å². The standard InChI is InChI=1S/C35H24Cl2N4O5S2/c36-25-9-17-29(18-10-25)47(43,44)40-27-13-5-23(6-14-27)33-31(3-1-21-38-33)35(42)32-4-2-22-39-34(32)24-7-15-28(16-8-24)41-48(45,46)30-19-11-26(37)12-20-30/h1-22,40-41H. The van der Waals surface area contributed by atoms with Crippen molar-refractivity contribution in [2.24, 2.45) is 0 Å². The maximum atomic E-state index is 14.0. The van der Waals surface area contributed by atoms with Crippen LogP contribution in [0.15, 0.2) is 144 Å². The van der Waals surface area contributed by atoms with Crippen LogP contribution in [-0.4, -0.2) is 32.6 Å². The molecule has 0 aliphatic carbocycles. The van der Waals surface area contributed by atoms with Gasteiger partial charge in [-0.05, 0) is 97.1 Å². The second kappa shape index (κ2) is 13.6. The molecule has 0 aliphatic heterocycles. The molecular formula is C35H24Cl2N4O5S2. The third-order valence-corrected chi connectivity index (χ3v) is 10.5. The number of nitrogens with one attached hydrogen (secondary N) is 2. The van der Waals surface area contributed by atoms with E-state index in [9.17, 15) is 21.6 Å². The Morgan fingerprint density at radius 3 is 1.21 bits per heavy atom. The van der Waals surface area contributed by atoms with Gasteiger partial charge in [0.2, 0.25) is 0 Å². The summed E-state index contributed by atoms with van der Waals surface area (Å²) in [7, 11) is -7.69. The molecule has 0 spiro atoms. The highest BCUT2D eigenvalue weighted by molar-refractivity contribution is 7.93. The van der Waals surface area contributed by atoms with Gasteiger partial charge in [0.15, 0.2) is 5.78 Å². The lowest BCUT2D eigenvalue weighted by Gasteiger charge is -2.13. The fourth-order valence-corrected chi connectivity index (χ4v) is 7.20. The van der Waals surface area contributed by atoms with Gasteiger partial charge in [-0.3, -0.25) is 24.2 Å². The van der Waals surface area contributed by atoms with Gasteiger partial charge in [-0.1, -0.05) is 47.5 Å². The molecule has 0 saturated heterocycles. The lowest BCUT2D eigenvalue weighted by atomic mass is 9.95. The molecule has 0 radical (unpaired) electrons. The number of carbonyl (C=O) groups is 1. The van der Waals surface area contributed by atoms with Crippen LogP contribution in [0.5, 0.6) is 0 Å². The number of ketones is 1. The molecule has 0 amide bonds. The Bertz CT molecular complexity index is 2170. The number of anilines is 2. The lowest BCUT2D eigenvalue weighted by Crippen LogP contribution is -2.12. The third kappa shape index (κ3) is 7.24. The number of nitrogens with zero attached hydrogens (tertiary/aromatic N) is 2. The van der Waals surface area contributed by atoms with Crippen molar-refractivity contribution in [3.8, 4) is 22.5 Å². The molecule has 13 heteroatoms. The third-order valence-electron chi connectivity index (χ3n) is 7.17. The highest BCUT2D eigenvalue weighted by Gasteiger charge is 2.21. The summed E-state index contributed by atoms with van der Waals surface area (Å²) in [5, 5.41) is 0.845.